The fraction of sp³-hybridized carbons (Fsp3) is 0.316. The SMILES string of the molecule is Cc1cccc(OC(F)F)c1NC(=O)N1CC[C@@H](Oc2cccc(Cl)c2)C1. The van der Waals surface area contributed by atoms with Crippen molar-refractivity contribution in [1.29, 1.82) is 0 Å². The molecule has 0 radical (unpaired) electrons. The summed E-state index contributed by atoms with van der Waals surface area (Å²) in [7, 11) is 0. The molecule has 1 heterocycles. The molecule has 0 aliphatic carbocycles. The molecule has 2 aromatic carbocycles. The smallest absolute Gasteiger partial charge is 0.387 e. The highest BCUT2D eigenvalue weighted by atomic mass is 35.5. The van der Waals surface area contributed by atoms with Crippen LogP contribution < -0.4 is 14.8 Å². The second-order valence-corrected chi connectivity index (χ2v) is 6.63. The van der Waals surface area contributed by atoms with Gasteiger partial charge in [-0.25, -0.2) is 4.79 Å². The first kappa shape index (κ1) is 19.2. The van der Waals surface area contributed by atoms with E-state index in [9.17, 15) is 13.6 Å². The third-order valence-corrected chi connectivity index (χ3v) is 4.45. The van der Waals surface area contributed by atoms with E-state index in [1.54, 1.807) is 48.2 Å². The molecule has 8 heteroatoms. The van der Waals surface area contributed by atoms with E-state index in [0.717, 1.165) is 0 Å². The van der Waals surface area contributed by atoms with Crippen LogP contribution in [0.2, 0.25) is 5.02 Å². The van der Waals surface area contributed by atoms with Crippen molar-refractivity contribution in [1.82, 2.24) is 4.90 Å². The van der Waals surface area contributed by atoms with Gasteiger partial charge in [-0.1, -0.05) is 29.8 Å². The zero-order valence-corrected chi connectivity index (χ0v) is 15.4. The molecule has 2 amide bonds. The lowest BCUT2D eigenvalue weighted by Crippen LogP contribution is -2.34. The summed E-state index contributed by atoms with van der Waals surface area (Å²) < 4.78 is 35.5. The van der Waals surface area contributed by atoms with Gasteiger partial charge in [-0.2, -0.15) is 8.78 Å². The number of amides is 2. The van der Waals surface area contributed by atoms with Gasteiger partial charge in [0.2, 0.25) is 0 Å². The van der Waals surface area contributed by atoms with Gasteiger partial charge in [0, 0.05) is 18.0 Å². The van der Waals surface area contributed by atoms with Gasteiger partial charge >= 0.3 is 12.6 Å². The summed E-state index contributed by atoms with van der Waals surface area (Å²) in [4.78, 5) is 14.1. The number of carbonyl (C=O) groups excluding carboxylic acids is 1. The highest BCUT2D eigenvalue weighted by molar-refractivity contribution is 6.30. The van der Waals surface area contributed by atoms with Crippen LogP contribution in [0.15, 0.2) is 42.5 Å². The van der Waals surface area contributed by atoms with E-state index < -0.39 is 6.61 Å². The average molecular weight is 397 g/mol. The number of nitrogens with one attached hydrogen (secondary N) is 1. The Morgan fingerprint density at radius 2 is 2.07 bits per heavy atom. The van der Waals surface area contributed by atoms with E-state index in [2.05, 4.69) is 10.1 Å². The van der Waals surface area contributed by atoms with Gasteiger partial charge in [0.1, 0.15) is 17.6 Å². The first-order chi connectivity index (χ1) is 12.9. The van der Waals surface area contributed by atoms with Crippen LogP contribution in [0.3, 0.4) is 0 Å². The maximum absolute atomic E-state index is 12.6. The lowest BCUT2D eigenvalue weighted by atomic mass is 10.2. The number of ether oxygens (including phenoxy) is 2. The molecule has 144 valence electrons. The van der Waals surface area contributed by atoms with Crippen molar-refractivity contribution in [2.24, 2.45) is 0 Å². The van der Waals surface area contributed by atoms with Crippen LogP contribution in [0, 0.1) is 6.92 Å². The van der Waals surface area contributed by atoms with Crippen LogP contribution in [-0.4, -0.2) is 36.7 Å². The lowest BCUT2D eigenvalue weighted by molar-refractivity contribution is -0.0493. The third-order valence-electron chi connectivity index (χ3n) is 4.21. The molecule has 1 saturated heterocycles. The van der Waals surface area contributed by atoms with Crippen LogP contribution in [0.25, 0.3) is 0 Å². The van der Waals surface area contributed by atoms with Gasteiger partial charge in [-0.3, -0.25) is 0 Å². The van der Waals surface area contributed by atoms with E-state index >= 15 is 0 Å². The summed E-state index contributed by atoms with van der Waals surface area (Å²) in [5.74, 6) is 0.575. The number of aryl methyl sites for hydroxylation is 1. The van der Waals surface area contributed by atoms with Crippen LogP contribution in [0.1, 0.15) is 12.0 Å². The zero-order chi connectivity index (χ0) is 19.4. The van der Waals surface area contributed by atoms with Crippen LogP contribution in [0.4, 0.5) is 19.3 Å². The molecule has 27 heavy (non-hydrogen) atoms. The number of hydrogen-bond acceptors (Lipinski definition) is 3. The number of halogens is 3. The Morgan fingerprint density at radius 3 is 2.81 bits per heavy atom. The summed E-state index contributed by atoms with van der Waals surface area (Å²) >= 11 is 5.95. The Balaban J connectivity index is 1.63. The average Bonchev–Trinajstić information content (AvgIpc) is 3.06. The van der Waals surface area contributed by atoms with Gasteiger partial charge in [0.15, 0.2) is 0 Å². The number of carbonyl (C=O) groups is 1. The Hall–Kier alpha value is -2.54. The van der Waals surface area contributed by atoms with Gasteiger partial charge in [0.05, 0.1) is 12.2 Å². The zero-order valence-electron chi connectivity index (χ0n) is 14.6. The third kappa shape index (κ3) is 5.01. The molecule has 0 saturated carbocycles. The van der Waals surface area contributed by atoms with Crippen molar-refractivity contribution in [2.75, 3.05) is 18.4 Å². The summed E-state index contributed by atoms with van der Waals surface area (Å²) in [5.41, 5.74) is 0.870. The second-order valence-electron chi connectivity index (χ2n) is 6.19. The molecular weight excluding hydrogens is 378 g/mol. The minimum Gasteiger partial charge on any atom is -0.488 e. The monoisotopic (exact) mass is 396 g/mol. The quantitative estimate of drug-likeness (QED) is 0.779. The number of rotatable bonds is 5. The number of benzene rings is 2. The molecule has 1 aliphatic rings. The van der Waals surface area contributed by atoms with Crippen LogP contribution in [-0.2, 0) is 0 Å². The number of urea groups is 1. The highest BCUT2D eigenvalue weighted by Crippen LogP contribution is 2.30. The minimum atomic E-state index is -2.97. The Labute approximate surface area is 160 Å². The van der Waals surface area contributed by atoms with Crippen molar-refractivity contribution in [3.8, 4) is 11.5 Å². The number of nitrogens with zero attached hydrogens (tertiary/aromatic N) is 1. The van der Waals surface area contributed by atoms with Gasteiger partial charge in [-0.15, -0.1) is 0 Å². The minimum absolute atomic E-state index is 0.0655. The Morgan fingerprint density at radius 1 is 1.30 bits per heavy atom. The van der Waals surface area contributed by atoms with Crippen molar-refractivity contribution in [3.05, 3.63) is 53.1 Å². The van der Waals surface area contributed by atoms with E-state index in [1.165, 1.54) is 6.07 Å². The number of alkyl halides is 2. The summed E-state index contributed by atoms with van der Waals surface area (Å²) in [5, 5.41) is 3.25. The maximum Gasteiger partial charge on any atom is 0.387 e. The Kier molecular flexibility index (Phi) is 6.01. The standard InChI is InChI=1S/C19H19ClF2N2O3/c1-12-4-2-7-16(27-18(21)22)17(12)23-19(25)24-9-8-15(11-24)26-14-6-3-5-13(20)10-14/h2-7,10,15,18H,8-9,11H2,1H3,(H,23,25)/t15-/m1/s1. The molecule has 0 aromatic heterocycles. The van der Waals surface area contributed by atoms with Crippen molar-refractivity contribution >= 4 is 23.3 Å². The molecule has 1 fully saturated rings. The normalized spacial score (nSPS) is 16.5. The van der Waals surface area contributed by atoms with Crippen molar-refractivity contribution < 1.29 is 23.0 Å². The Bertz CT molecular complexity index is 819. The van der Waals surface area contributed by atoms with Crippen LogP contribution in [0.5, 0.6) is 11.5 Å². The fourth-order valence-corrected chi connectivity index (χ4v) is 3.10. The summed E-state index contributed by atoms with van der Waals surface area (Å²) in [6.07, 6.45) is 0.497. The molecule has 0 unspecified atom stereocenters. The van der Waals surface area contributed by atoms with Gasteiger partial charge in [0.25, 0.3) is 0 Å². The fourth-order valence-electron chi connectivity index (χ4n) is 2.92. The molecule has 3 rings (SSSR count). The van der Waals surface area contributed by atoms with E-state index in [4.69, 9.17) is 16.3 Å². The van der Waals surface area contributed by atoms with E-state index in [1.807, 2.05) is 0 Å². The number of hydrogen-bond donors (Lipinski definition) is 1. The van der Waals surface area contributed by atoms with Crippen molar-refractivity contribution in [3.63, 3.8) is 0 Å². The summed E-state index contributed by atoms with van der Waals surface area (Å²) in [6, 6.07) is 11.4. The molecule has 0 spiro atoms. The van der Waals surface area contributed by atoms with E-state index in [0.29, 0.717) is 35.8 Å². The topological polar surface area (TPSA) is 50.8 Å². The maximum atomic E-state index is 12.6. The molecule has 1 atom stereocenters. The van der Waals surface area contributed by atoms with Gasteiger partial charge in [-0.05, 0) is 36.8 Å². The molecule has 1 aliphatic heterocycles. The number of likely N-dealkylation sites (tertiary alicyclic amines) is 1. The highest BCUT2D eigenvalue weighted by Gasteiger charge is 2.28. The van der Waals surface area contributed by atoms with Gasteiger partial charge < -0.3 is 19.7 Å². The molecule has 0 bridgehead atoms. The molecule has 2 aromatic rings. The number of anilines is 1. The molecule has 5 nitrogen and oxygen atoms in total. The number of para-hydroxylation sites is 1. The molecule has 1 N–H and O–H groups in total. The largest absolute Gasteiger partial charge is 0.488 e. The second kappa shape index (κ2) is 8.43. The van der Waals surface area contributed by atoms with E-state index in [-0.39, 0.29) is 23.6 Å². The predicted molar refractivity (Wildman–Crippen MR) is 98.9 cm³/mol. The lowest BCUT2D eigenvalue weighted by Gasteiger charge is -2.20. The first-order valence-electron chi connectivity index (χ1n) is 8.45. The first-order valence-corrected chi connectivity index (χ1v) is 8.83. The predicted octanol–water partition coefficient (Wildman–Crippen LogP) is 4.94. The summed E-state index contributed by atoms with van der Waals surface area (Å²) in [6.45, 7) is -0.378. The molecular formula is C19H19ClF2N2O3. The van der Waals surface area contributed by atoms with Crippen molar-refractivity contribution in [2.45, 2.75) is 26.1 Å². The van der Waals surface area contributed by atoms with Crippen LogP contribution >= 0.6 is 11.6 Å².